The molecule has 120 valence electrons. The smallest absolute Gasteiger partial charge is 0.417 e. The lowest BCUT2D eigenvalue weighted by atomic mass is 10.1. The Labute approximate surface area is 128 Å². The zero-order chi connectivity index (χ0) is 16.3. The van der Waals surface area contributed by atoms with E-state index in [4.69, 9.17) is 10.00 Å². The largest absolute Gasteiger partial charge is 0.489 e. The molecule has 1 aromatic rings. The summed E-state index contributed by atoms with van der Waals surface area (Å²) in [5.41, 5.74) is -1.32. The van der Waals surface area contributed by atoms with E-state index in [1.54, 1.807) is 6.07 Å². The summed E-state index contributed by atoms with van der Waals surface area (Å²) >= 11 is 0. The van der Waals surface area contributed by atoms with Crippen LogP contribution in [0.15, 0.2) is 18.2 Å². The fourth-order valence-electron chi connectivity index (χ4n) is 2.64. The zero-order valence-corrected chi connectivity index (χ0v) is 12.7. The Morgan fingerprint density at radius 1 is 1.45 bits per heavy atom. The first-order valence-corrected chi connectivity index (χ1v) is 7.37. The number of benzene rings is 1. The van der Waals surface area contributed by atoms with Gasteiger partial charge in [-0.05, 0) is 38.0 Å². The quantitative estimate of drug-likeness (QED) is 0.848. The number of hydrogen-bond donors (Lipinski definition) is 0. The molecule has 0 amide bonds. The summed E-state index contributed by atoms with van der Waals surface area (Å²) < 4.78 is 44.0. The summed E-state index contributed by atoms with van der Waals surface area (Å²) in [6.07, 6.45) is -2.68. The Kier molecular flexibility index (Phi) is 4.97. The molecule has 1 aromatic carbocycles. The third-order valence-corrected chi connectivity index (χ3v) is 4.11. The number of alkyl halides is 3. The van der Waals surface area contributed by atoms with Crippen molar-refractivity contribution in [2.45, 2.75) is 45.0 Å². The predicted octanol–water partition coefficient (Wildman–Crippen LogP) is 3.83. The minimum Gasteiger partial charge on any atom is -0.489 e. The van der Waals surface area contributed by atoms with Gasteiger partial charge in [0.15, 0.2) is 0 Å². The molecule has 2 unspecified atom stereocenters. The van der Waals surface area contributed by atoms with E-state index in [2.05, 4.69) is 18.7 Å². The second-order valence-electron chi connectivity index (χ2n) is 5.60. The highest BCUT2D eigenvalue weighted by Crippen LogP contribution is 2.34. The molecule has 0 aliphatic carbocycles. The van der Waals surface area contributed by atoms with E-state index in [1.807, 2.05) is 0 Å². The Morgan fingerprint density at radius 2 is 2.18 bits per heavy atom. The first kappa shape index (κ1) is 16.6. The Bertz CT molecular complexity index is 565. The Hall–Kier alpha value is -1.74. The van der Waals surface area contributed by atoms with Crippen LogP contribution in [-0.4, -0.2) is 30.1 Å². The molecule has 22 heavy (non-hydrogen) atoms. The lowest BCUT2D eigenvalue weighted by molar-refractivity contribution is -0.137. The van der Waals surface area contributed by atoms with Gasteiger partial charge in [0.1, 0.15) is 11.9 Å². The lowest BCUT2D eigenvalue weighted by Gasteiger charge is -2.23. The van der Waals surface area contributed by atoms with Gasteiger partial charge >= 0.3 is 6.18 Å². The number of ether oxygens (including phenoxy) is 1. The van der Waals surface area contributed by atoms with Crippen LogP contribution in [0.1, 0.15) is 37.8 Å². The highest BCUT2D eigenvalue weighted by Gasteiger charge is 2.34. The molecule has 0 radical (unpaired) electrons. The molecule has 6 heteroatoms. The minimum atomic E-state index is -4.52. The average Bonchev–Trinajstić information content (AvgIpc) is 2.93. The monoisotopic (exact) mass is 312 g/mol. The minimum absolute atomic E-state index is 0.0442. The number of nitriles is 1. The molecular formula is C16H19F3N2O. The van der Waals surface area contributed by atoms with Crippen molar-refractivity contribution in [3.05, 3.63) is 29.3 Å². The summed E-state index contributed by atoms with van der Waals surface area (Å²) in [5, 5.41) is 8.90. The fraction of sp³-hybridized carbons (Fsp3) is 0.562. The maximum atomic E-state index is 12.8. The second kappa shape index (κ2) is 6.57. The third kappa shape index (κ3) is 3.72. The van der Waals surface area contributed by atoms with Crippen molar-refractivity contribution < 1.29 is 17.9 Å². The van der Waals surface area contributed by atoms with Gasteiger partial charge in [0.25, 0.3) is 0 Å². The topological polar surface area (TPSA) is 36.3 Å². The first-order valence-electron chi connectivity index (χ1n) is 7.37. The molecule has 0 spiro atoms. The van der Waals surface area contributed by atoms with Crippen molar-refractivity contribution in [1.29, 1.82) is 5.26 Å². The third-order valence-electron chi connectivity index (χ3n) is 4.11. The summed E-state index contributed by atoms with van der Waals surface area (Å²) in [6, 6.07) is 5.44. The summed E-state index contributed by atoms with van der Waals surface area (Å²) in [5.74, 6) is 0.320. The van der Waals surface area contributed by atoms with Crippen LogP contribution in [-0.2, 0) is 6.18 Å². The molecule has 3 nitrogen and oxygen atoms in total. The molecule has 1 fully saturated rings. The van der Waals surface area contributed by atoms with Crippen LogP contribution in [0.2, 0.25) is 0 Å². The summed E-state index contributed by atoms with van der Waals surface area (Å²) in [4.78, 5) is 2.31. The van der Waals surface area contributed by atoms with Crippen molar-refractivity contribution in [3.8, 4) is 11.8 Å². The van der Waals surface area contributed by atoms with E-state index < -0.39 is 17.3 Å². The van der Waals surface area contributed by atoms with Gasteiger partial charge in [-0.3, -0.25) is 4.90 Å². The van der Waals surface area contributed by atoms with Gasteiger partial charge in [0, 0.05) is 19.1 Å². The Balaban J connectivity index is 2.08. The van der Waals surface area contributed by atoms with E-state index in [9.17, 15) is 13.2 Å². The van der Waals surface area contributed by atoms with Crippen molar-refractivity contribution in [2.75, 3.05) is 13.1 Å². The highest BCUT2D eigenvalue weighted by atomic mass is 19.4. The number of likely N-dealkylation sites (tertiary alicyclic amines) is 1. The van der Waals surface area contributed by atoms with Crippen molar-refractivity contribution in [2.24, 2.45) is 0 Å². The van der Waals surface area contributed by atoms with E-state index in [-0.39, 0.29) is 6.10 Å². The number of rotatable bonds is 4. The number of halogens is 3. The maximum Gasteiger partial charge on any atom is 0.417 e. The van der Waals surface area contributed by atoms with Gasteiger partial charge in [-0.1, -0.05) is 6.92 Å². The lowest BCUT2D eigenvalue weighted by Crippen LogP contribution is -2.32. The van der Waals surface area contributed by atoms with Gasteiger partial charge in [0.05, 0.1) is 17.2 Å². The van der Waals surface area contributed by atoms with Crippen molar-refractivity contribution in [3.63, 3.8) is 0 Å². The van der Waals surface area contributed by atoms with Crippen LogP contribution in [0.3, 0.4) is 0 Å². The molecule has 1 aliphatic rings. The van der Waals surface area contributed by atoms with Gasteiger partial charge in [-0.25, -0.2) is 0 Å². The van der Waals surface area contributed by atoms with Gasteiger partial charge in [-0.2, -0.15) is 18.4 Å². The molecule has 1 heterocycles. The normalized spacial score (nSPS) is 20.6. The highest BCUT2D eigenvalue weighted by molar-refractivity contribution is 5.44. The molecule has 0 bridgehead atoms. The second-order valence-corrected chi connectivity index (χ2v) is 5.60. The standard InChI is InChI=1S/C16H19F3N2O/c1-3-11(2)21-7-6-14(10-21)22-13-4-5-15(16(17,18)19)12(8-13)9-20/h4-5,8,11,14H,3,6-7,10H2,1-2H3. The maximum absolute atomic E-state index is 12.8. The van der Waals surface area contributed by atoms with Crippen LogP contribution in [0, 0.1) is 11.3 Å². The first-order chi connectivity index (χ1) is 10.3. The molecule has 1 saturated heterocycles. The van der Waals surface area contributed by atoms with Crippen molar-refractivity contribution >= 4 is 0 Å². The van der Waals surface area contributed by atoms with Gasteiger partial charge in [0.2, 0.25) is 0 Å². The fourth-order valence-corrected chi connectivity index (χ4v) is 2.64. The molecular weight excluding hydrogens is 293 g/mol. The molecule has 0 saturated carbocycles. The van der Waals surface area contributed by atoms with E-state index >= 15 is 0 Å². The summed E-state index contributed by atoms with van der Waals surface area (Å²) in [6.45, 7) is 5.95. The van der Waals surface area contributed by atoms with Crippen LogP contribution >= 0.6 is 0 Å². The molecule has 2 rings (SSSR count). The van der Waals surface area contributed by atoms with Crippen LogP contribution in [0.5, 0.6) is 5.75 Å². The van der Waals surface area contributed by atoms with E-state index in [0.717, 1.165) is 32.0 Å². The van der Waals surface area contributed by atoms with Gasteiger partial charge < -0.3 is 4.74 Å². The predicted molar refractivity (Wildman–Crippen MR) is 76.5 cm³/mol. The van der Waals surface area contributed by atoms with Crippen LogP contribution in [0.25, 0.3) is 0 Å². The van der Waals surface area contributed by atoms with Crippen LogP contribution < -0.4 is 4.74 Å². The molecule has 1 aliphatic heterocycles. The van der Waals surface area contributed by atoms with Crippen molar-refractivity contribution in [1.82, 2.24) is 4.90 Å². The SMILES string of the molecule is CCC(C)N1CCC(Oc2ccc(C(F)(F)F)c(C#N)c2)C1. The summed E-state index contributed by atoms with van der Waals surface area (Å²) in [7, 11) is 0. The molecule has 0 N–H and O–H groups in total. The zero-order valence-electron chi connectivity index (χ0n) is 12.7. The average molecular weight is 312 g/mol. The number of hydrogen-bond acceptors (Lipinski definition) is 3. The van der Waals surface area contributed by atoms with E-state index in [0.29, 0.717) is 11.8 Å². The Morgan fingerprint density at radius 3 is 2.77 bits per heavy atom. The molecule has 2 atom stereocenters. The van der Waals surface area contributed by atoms with Gasteiger partial charge in [-0.15, -0.1) is 0 Å². The number of nitrogens with zero attached hydrogens (tertiary/aromatic N) is 2. The van der Waals surface area contributed by atoms with Crippen LogP contribution in [0.4, 0.5) is 13.2 Å². The van der Waals surface area contributed by atoms with E-state index in [1.165, 1.54) is 12.1 Å². The molecule has 0 aromatic heterocycles.